The number of ether oxygens (including phenoxy) is 1. The lowest BCUT2D eigenvalue weighted by atomic mass is 10.1. The molecule has 4 rings (SSSR count). The Balaban J connectivity index is 1.75. The largest absolute Gasteiger partial charge is 0.376 e. The van der Waals surface area contributed by atoms with E-state index in [0.717, 1.165) is 41.1 Å². The SMILES string of the molecule is CCc1cccc2sc(N(CC3CCCO3)C(=O)c3ccc(F)cc3Cl)nc12. The molecule has 2 aromatic carbocycles. The molecular formula is C21H20ClFN2O2S. The van der Waals surface area contributed by atoms with Crippen LogP contribution in [0.5, 0.6) is 0 Å². The third kappa shape index (κ3) is 3.77. The number of thiazole rings is 1. The summed E-state index contributed by atoms with van der Waals surface area (Å²) in [6, 6.07) is 9.90. The van der Waals surface area contributed by atoms with Crippen molar-refractivity contribution < 1.29 is 13.9 Å². The number of rotatable bonds is 5. The number of hydrogen-bond donors (Lipinski definition) is 0. The van der Waals surface area contributed by atoms with Crippen molar-refractivity contribution in [1.29, 1.82) is 0 Å². The van der Waals surface area contributed by atoms with Crippen LogP contribution in [-0.4, -0.2) is 30.1 Å². The first-order valence-electron chi connectivity index (χ1n) is 9.33. The molecule has 0 spiro atoms. The quantitative estimate of drug-likeness (QED) is 0.551. The Hall–Kier alpha value is -2.02. The van der Waals surface area contributed by atoms with Crippen LogP contribution in [0.3, 0.4) is 0 Å². The Morgan fingerprint density at radius 1 is 1.39 bits per heavy atom. The van der Waals surface area contributed by atoms with Crippen LogP contribution in [-0.2, 0) is 11.2 Å². The number of aryl methyl sites for hydroxylation is 1. The first-order valence-corrected chi connectivity index (χ1v) is 10.5. The molecule has 0 radical (unpaired) electrons. The number of amides is 1. The highest BCUT2D eigenvalue weighted by Crippen LogP contribution is 2.33. The van der Waals surface area contributed by atoms with Crippen molar-refractivity contribution in [1.82, 2.24) is 4.98 Å². The molecule has 4 nitrogen and oxygen atoms in total. The van der Waals surface area contributed by atoms with Gasteiger partial charge in [-0.2, -0.15) is 0 Å². The smallest absolute Gasteiger partial charge is 0.261 e. The van der Waals surface area contributed by atoms with Crippen LogP contribution < -0.4 is 4.90 Å². The van der Waals surface area contributed by atoms with Gasteiger partial charge in [0.05, 0.1) is 33.5 Å². The predicted molar refractivity (Wildman–Crippen MR) is 111 cm³/mol. The van der Waals surface area contributed by atoms with Gasteiger partial charge in [0, 0.05) is 6.61 Å². The maximum absolute atomic E-state index is 13.4. The first-order chi connectivity index (χ1) is 13.6. The fourth-order valence-electron chi connectivity index (χ4n) is 3.44. The molecule has 146 valence electrons. The van der Waals surface area contributed by atoms with E-state index in [1.165, 1.54) is 23.5 Å². The van der Waals surface area contributed by atoms with Gasteiger partial charge in [0.25, 0.3) is 5.91 Å². The zero-order valence-electron chi connectivity index (χ0n) is 15.5. The van der Waals surface area contributed by atoms with E-state index >= 15 is 0 Å². The maximum atomic E-state index is 13.4. The summed E-state index contributed by atoms with van der Waals surface area (Å²) in [4.78, 5) is 19.7. The minimum absolute atomic E-state index is 0.0409. The average molecular weight is 419 g/mol. The van der Waals surface area contributed by atoms with Gasteiger partial charge in [-0.3, -0.25) is 9.69 Å². The minimum Gasteiger partial charge on any atom is -0.376 e. The summed E-state index contributed by atoms with van der Waals surface area (Å²) >= 11 is 7.63. The van der Waals surface area contributed by atoms with Crippen molar-refractivity contribution in [2.24, 2.45) is 0 Å². The van der Waals surface area contributed by atoms with E-state index in [1.807, 2.05) is 12.1 Å². The Morgan fingerprint density at radius 2 is 2.25 bits per heavy atom. The van der Waals surface area contributed by atoms with Crippen LogP contribution in [0.2, 0.25) is 5.02 Å². The monoisotopic (exact) mass is 418 g/mol. The molecule has 0 saturated carbocycles. The van der Waals surface area contributed by atoms with E-state index in [4.69, 9.17) is 21.3 Å². The molecule has 1 saturated heterocycles. The molecule has 1 aromatic heterocycles. The number of fused-ring (bicyclic) bond motifs is 1. The van der Waals surface area contributed by atoms with Gasteiger partial charge in [0.1, 0.15) is 5.82 Å². The Morgan fingerprint density at radius 3 is 2.96 bits per heavy atom. The van der Waals surface area contributed by atoms with Gasteiger partial charge in [-0.15, -0.1) is 0 Å². The number of carbonyl (C=O) groups excluding carboxylic acids is 1. The van der Waals surface area contributed by atoms with Crippen LogP contribution in [0.1, 0.15) is 35.7 Å². The summed E-state index contributed by atoms with van der Waals surface area (Å²) in [5.41, 5.74) is 2.32. The number of para-hydroxylation sites is 1. The Labute approximate surface area is 171 Å². The number of anilines is 1. The fraction of sp³-hybridized carbons (Fsp3) is 0.333. The summed E-state index contributed by atoms with van der Waals surface area (Å²) in [5, 5.41) is 0.703. The van der Waals surface area contributed by atoms with E-state index in [2.05, 4.69) is 13.0 Å². The first kappa shape index (κ1) is 19.3. The van der Waals surface area contributed by atoms with Gasteiger partial charge < -0.3 is 4.74 Å². The molecule has 2 heterocycles. The van der Waals surface area contributed by atoms with Gasteiger partial charge >= 0.3 is 0 Å². The van der Waals surface area contributed by atoms with Crippen LogP contribution in [0.4, 0.5) is 9.52 Å². The van der Waals surface area contributed by atoms with Crippen LogP contribution in [0.15, 0.2) is 36.4 Å². The highest BCUT2D eigenvalue weighted by Gasteiger charge is 2.28. The summed E-state index contributed by atoms with van der Waals surface area (Å²) in [5.74, 6) is -0.766. The lowest BCUT2D eigenvalue weighted by Crippen LogP contribution is -2.37. The second kappa shape index (κ2) is 8.15. The average Bonchev–Trinajstić information content (AvgIpc) is 3.34. The zero-order valence-corrected chi connectivity index (χ0v) is 17.0. The third-order valence-electron chi connectivity index (χ3n) is 4.92. The van der Waals surface area contributed by atoms with Crippen LogP contribution in [0.25, 0.3) is 10.2 Å². The third-order valence-corrected chi connectivity index (χ3v) is 6.28. The second-order valence-corrected chi connectivity index (χ2v) is 8.21. The molecule has 0 N–H and O–H groups in total. The lowest BCUT2D eigenvalue weighted by Gasteiger charge is -2.23. The van der Waals surface area contributed by atoms with E-state index in [0.29, 0.717) is 18.3 Å². The summed E-state index contributed by atoms with van der Waals surface area (Å²) in [6.45, 7) is 3.18. The topological polar surface area (TPSA) is 42.4 Å². The number of aromatic nitrogens is 1. The summed E-state index contributed by atoms with van der Waals surface area (Å²) < 4.78 is 20.2. The molecule has 1 aliphatic rings. The molecule has 3 aromatic rings. The van der Waals surface area contributed by atoms with Crippen molar-refractivity contribution in [3.8, 4) is 0 Å². The molecule has 0 aliphatic carbocycles. The molecule has 1 aliphatic heterocycles. The van der Waals surface area contributed by atoms with Crippen molar-refractivity contribution in [3.05, 3.63) is 58.4 Å². The molecule has 1 fully saturated rings. The van der Waals surface area contributed by atoms with Gasteiger partial charge in [-0.05, 0) is 49.1 Å². The van der Waals surface area contributed by atoms with Gasteiger partial charge in [-0.1, -0.05) is 42.0 Å². The maximum Gasteiger partial charge on any atom is 0.261 e. The number of hydrogen-bond acceptors (Lipinski definition) is 4. The Kier molecular flexibility index (Phi) is 5.62. The fourth-order valence-corrected chi connectivity index (χ4v) is 4.71. The normalized spacial score (nSPS) is 16.6. The molecular weight excluding hydrogens is 399 g/mol. The molecule has 0 bridgehead atoms. The molecule has 1 unspecified atom stereocenters. The van der Waals surface area contributed by atoms with E-state index in [-0.39, 0.29) is 22.6 Å². The van der Waals surface area contributed by atoms with Crippen molar-refractivity contribution in [3.63, 3.8) is 0 Å². The number of benzene rings is 2. The number of carbonyl (C=O) groups is 1. The summed E-state index contributed by atoms with van der Waals surface area (Å²) in [7, 11) is 0. The van der Waals surface area contributed by atoms with Crippen molar-refractivity contribution >= 4 is 44.2 Å². The minimum atomic E-state index is -0.472. The lowest BCUT2D eigenvalue weighted by molar-refractivity contribution is 0.0917. The van der Waals surface area contributed by atoms with Crippen LogP contribution in [0, 0.1) is 5.82 Å². The Bertz CT molecular complexity index is 1020. The van der Waals surface area contributed by atoms with E-state index < -0.39 is 5.82 Å². The van der Waals surface area contributed by atoms with Gasteiger partial charge in [-0.25, -0.2) is 9.37 Å². The summed E-state index contributed by atoms with van der Waals surface area (Å²) in [6.07, 6.45) is 2.70. The van der Waals surface area contributed by atoms with E-state index in [1.54, 1.807) is 4.90 Å². The highest BCUT2D eigenvalue weighted by molar-refractivity contribution is 7.22. The number of halogens is 2. The molecule has 28 heavy (non-hydrogen) atoms. The molecule has 1 amide bonds. The predicted octanol–water partition coefficient (Wildman–Crippen LogP) is 5.48. The van der Waals surface area contributed by atoms with Gasteiger partial charge in [0.15, 0.2) is 5.13 Å². The van der Waals surface area contributed by atoms with Crippen molar-refractivity contribution in [2.75, 3.05) is 18.1 Å². The van der Waals surface area contributed by atoms with Gasteiger partial charge in [0.2, 0.25) is 0 Å². The number of nitrogens with zero attached hydrogens (tertiary/aromatic N) is 2. The van der Waals surface area contributed by atoms with E-state index in [9.17, 15) is 9.18 Å². The van der Waals surface area contributed by atoms with Crippen LogP contribution >= 0.6 is 22.9 Å². The van der Waals surface area contributed by atoms with Crippen molar-refractivity contribution in [2.45, 2.75) is 32.3 Å². The highest BCUT2D eigenvalue weighted by atomic mass is 35.5. The second-order valence-electron chi connectivity index (χ2n) is 6.79. The molecule has 7 heteroatoms. The standard InChI is InChI=1S/C21H20ClFN2O2S/c1-2-13-5-3-7-18-19(13)24-21(28-18)25(12-15-6-4-10-27-15)20(26)16-9-8-14(23)11-17(16)22/h3,5,7-9,11,15H,2,4,6,10,12H2,1H3. The zero-order chi connectivity index (χ0) is 19.7. The molecule has 1 atom stereocenters.